The number of carbonyl (C=O) groups is 1. The van der Waals surface area contributed by atoms with Gasteiger partial charge in [0.25, 0.3) is 5.91 Å². The van der Waals surface area contributed by atoms with Gasteiger partial charge in [-0.25, -0.2) is 9.67 Å². The van der Waals surface area contributed by atoms with E-state index in [1.165, 1.54) is 6.33 Å². The molecule has 0 atom stereocenters. The molecule has 0 aliphatic rings. The summed E-state index contributed by atoms with van der Waals surface area (Å²) >= 11 is 0. The van der Waals surface area contributed by atoms with Gasteiger partial charge in [-0.1, -0.05) is 24.3 Å². The van der Waals surface area contributed by atoms with Gasteiger partial charge in [0, 0.05) is 5.56 Å². The molecule has 138 valence electrons. The summed E-state index contributed by atoms with van der Waals surface area (Å²) in [7, 11) is 0. The van der Waals surface area contributed by atoms with Crippen LogP contribution in [0.4, 0.5) is 5.69 Å². The number of benzene rings is 3. The van der Waals surface area contributed by atoms with E-state index in [1.54, 1.807) is 23.1 Å². The van der Waals surface area contributed by atoms with Gasteiger partial charge >= 0.3 is 0 Å². The molecule has 0 fully saturated rings. The van der Waals surface area contributed by atoms with E-state index in [0.29, 0.717) is 17.0 Å². The van der Waals surface area contributed by atoms with Crippen LogP contribution in [-0.4, -0.2) is 20.7 Å². The lowest BCUT2D eigenvalue weighted by atomic mass is 10.2. The van der Waals surface area contributed by atoms with Gasteiger partial charge in [-0.2, -0.15) is 5.10 Å². The number of carbonyl (C=O) groups excluding carboxylic acids is 1. The number of anilines is 1. The zero-order chi connectivity index (χ0) is 19.3. The third kappa shape index (κ3) is 3.91. The van der Waals surface area contributed by atoms with Crippen LogP contribution in [0.25, 0.3) is 5.69 Å². The van der Waals surface area contributed by atoms with E-state index >= 15 is 0 Å². The molecule has 0 aliphatic carbocycles. The van der Waals surface area contributed by atoms with Crippen LogP contribution in [0.3, 0.4) is 0 Å². The molecular formula is C22H18N4O2. The molecule has 1 aromatic heterocycles. The summed E-state index contributed by atoms with van der Waals surface area (Å²) in [5.41, 5.74) is 3.08. The van der Waals surface area contributed by atoms with Crippen molar-refractivity contribution in [2.75, 3.05) is 5.32 Å². The van der Waals surface area contributed by atoms with Crippen molar-refractivity contribution >= 4 is 11.6 Å². The molecule has 3 aromatic carbocycles. The predicted molar refractivity (Wildman–Crippen MR) is 107 cm³/mol. The first kappa shape index (κ1) is 17.5. The molecule has 6 heteroatoms. The molecule has 6 nitrogen and oxygen atoms in total. The van der Waals surface area contributed by atoms with E-state index in [0.717, 1.165) is 17.0 Å². The number of hydrogen-bond acceptors (Lipinski definition) is 4. The first-order chi connectivity index (χ1) is 13.7. The SMILES string of the molecule is Cc1cccc(Oc2ccccc2NC(=O)c2ccc(-n3cncn3)cc2)c1. The summed E-state index contributed by atoms with van der Waals surface area (Å²) in [6.07, 6.45) is 3.07. The second-order valence-corrected chi connectivity index (χ2v) is 6.26. The zero-order valence-electron chi connectivity index (χ0n) is 15.2. The highest BCUT2D eigenvalue weighted by atomic mass is 16.5. The van der Waals surface area contributed by atoms with Crippen molar-refractivity contribution in [3.8, 4) is 17.2 Å². The molecule has 1 N–H and O–H groups in total. The molecule has 0 unspecified atom stereocenters. The number of nitrogens with zero attached hydrogens (tertiary/aromatic N) is 3. The maximum Gasteiger partial charge on any atom is 0.255 e. The normalized spacial score (nSPS) is 10.5. The van der Waals surface area contributed by atoms with Gasteiger partial charge in [0.2, 0.25) is 0 Å². The first-order valence-electron chi connectivity index (χ1n) is 8.79. The summed E-state index contributed by atoms with van der Waals surface area (Å²) in [5.74, 6) is 1.09. The highest BCUT2D eigenvalue weighted by molar-refractivity contribution is 6.05. The number of aromatic nitrogens is 3. The summed E-state index contributed by atoms with van der Waals surface area (Å²) in [5, 5.41) is 6.99. The Morgan fingerprint density at radius 3 is 2.57 bits per heavy atom. The number of hydrogen-bond donors (Lipinski definition) is 1. The van der Waals surface area contributed by atoms with Gasteiger partial charge in [-0.05, 0) is 61.0 Å². The number of aryl methyl sites for hydroxylation is 1. The monoisotopic (exact) mass is 370 g/mol. The average Bonchev–Trinajstić information content (AvgIpc) is 3.24. The largest absolute Gasteiger partial charge is 0.455 e. The van der Waals surface area contributed by atoms with Gasteiger partial charge in [0.15, 0.2) is 5.75 Å². The number of amides is 1. The molecule has 4 rings (SSSR count). The topological polar surface area (TPSA) is 69.0 Å². The van der Waals surface area contributed by atoms with Crippen LogP contribution in [0.15, 0.2) is 85.5 Å². The molecule has 0 radical (unpaired) electrons. The zero-order valence-corrected chi connectivity index (χ0v) is 15.2. The van der Waals surface area contributed by atoms with Crippen LogP contribution in [0.1, 0.15) is 15.9 Å². The Bertz CT molecular complexity index is 1090. The van der Waals surface area contributed by atoms with Crippen molar-refractivity contribution in [2.45, 2.75) is 6.92 Å². The van der Waals surface area contributed by atoms with Crippen molar-refractivity contribution < 1.29 is 9.53 Å². The Balaban J connectivity index is 1.52. The minimum absolute atomic E-state index is 0.217. The minimum Gasteiger partial charge on any atom is -0.455 e. The minimum atomic E-state index is -0.217. The van der Waals surface area contributed by atoms with Crippen LogP contribution in [0, 0.1) is 6.92 Å². The fourth-order valence-electron chi connectivity index (χ4n) is 2.77. The quantitative estimate of drug-likeness (QED) is 0.556. The molecule has 4 aromatic rings. The molecular weight excluding hydrogens is 352 g/mol. The number of para-hydroxylation sites is 2. The van der Waals surface area contributed by atoms with Crippen LogP contribution >= 0.6 is 0 Å². The van der Waals surface area contributed by atoms with Gasteiger partial charge in [-0.3, -0.25) is 4.79 Å². The van der Waals surface area contributed by atoms with E-state index in [4.69, 9.17) is 4.74 Å². The maximum absolute atomic E-state index is 12.7. The Labute approximate surface area is 162 Å². The van der Waals surface area contributed by atoms with Crippen LogP contribution in [0.5, 0.6) is 11.5 Å². The average molecular weight is 370 g/mol. The molecule has 28 heavy (non-hydrogen) atoms. The fraction of sp³-hybridized carbons (Fsp3) is 0.0455. The van der Waals surface area contributed by atoms with Crippen molar-refractivity contribution in [3.63, 3.8) is 0 Å². The van der Waals surface area contributed by atoms with Crippen LogP contribution in [0.2, 0.25) is 0 Å². The number of ether oxygens (including phenoxy) is 1. The molecule has 0 spiro atoms. The molecule has 0 aliphatic heterocycles. The second-order valence-electron chi connectivity index (χ2n) is 6.26. The Morgan fingerprint density at radius 2 is 1.82 bits per heavy atom. The summed E-state index contributed by atoms with van der Waals surface area (Å²) < 4.78 is 7.59. The van der Waals surface area contributed by atoms with Gasteiger partial charge in [-0.15, -0.1) is 0 Å². The molecule has 0 saturated heterocycles. The van der Waals surface area contributed by atoms with Crippen LogP contribution < -0.4 is 10.1 Å². The second kappa shape index (κ2) is 7.75. The van der Waals surface area contributed by atoms with E-state index in [1.807, 2.05) is 67.6 Å². The number of rotatable bonds is 5. The van der Waals surface area contributed by atoms with E-state index in [2.05, 4.69) is 15.4 Å². The predicted octanol–water partition coefficient (Wildman–Crippen LogP) is 4.62. The number of nitrogens with one attached hydrogen (secondary N) is 1. The summed E-state index contributed by atoms with van der Waals surface area (Å²) in [6, 6.07) is 22.3. The molecule has 0 saturated carbocycles. The summed E-state index contributed by atoms with van der Waals surface area (Å²) in [6.45, 7) is 2.00. The van der Waals surface area contributed by atoms with Crippen LogP contribution in [-0.2, 0) is 0 Å². The lowest BCUT2D eigenvalue weighted by Crippen LogP contribution is -2.12. The van der Waals surface area contributed by atoms with Gasteiger partial charge in [0.1, 0.15) is 18.4 Å². The highest BCUT2D eigenvalue weighted by Crippen LogP contribution is 2.30. The van der Waals surface area contributed by atoms with Crippen molar-refractivity contribution in [3.05, 3.63) is 96.6 Å². The van der Waals surface area contributed by atoms with Gasteiger partial charge in [0.05, 0.1) is 11.4 Å². The lowest BCUT2D eigenvalue weighted by Gasteiger charge is -2.13. The highest BCUT2D eigenvalue weighted by Gasteiger charge is 2.11. The standard InChI is InChI=1S/C22H18N4O2/c1-16-5-4-6-19(13-16)28-21-8-3-2-7-20(21)25-22(27)17-9-11-18(12-10-17)26-15-23-14-24-26/h2-15H,1H3,(H,25,27). The third-order valence-electron chi connectivity index (χ3n) is 4.17. The van der Waals surface area contributed by atoms with Gasteiger partial charge < -0.3 is 10.1 Å². The lowest BCUT2D eigenvalue weighted by molar-refractivity contribution is 0.102. The maximum atomic E-state index is 12.7. The Morgan fingerprint density at radius 1 is 1.00 bits per heavy atom. The van der Waals surface area contributed by atoms with E-state index < -0.39 is 0 Å². The van der Waals surface area contributed by atoms with E-state index in [9.17, 15) is 4.79 Å². The molecule has 1 amide bonds. The first-order valence-corrected chi connectivity index (χ1v) is 8.79. The van der Waals surface area contributed by atoms with Crippen molar-refractivity contribution in [1.29, 1.82) is 0 Å². The Hall–Kier alpha value is -3.93. The Kier molecular flexibility index (Phi) is 4.84. The van der Waals surface area contributed by atoms with Crippen molar-refractivity contribution in [2.24, 2.45) is 0 Å². The van der Waals surface area contributed by atoms with Crippen molar-refractivity contribution in [1.82, 2.24) is 14.8 Å². The third-order valence-corrected chi connectivity index (χ3v) is 4.17. The molecule has 1 heterocycles. The molecule has 0 bridgehead atoms. The summed E-state index contributed by atoms with van der Waals surface area (Å²) in [4.78, 5) is 16.6. The fourth-order valence-corrected chi connectivity index (χ4v) is 2.77. The van der Waals surface area contributed by atoms with E-state index in [-0.39, 0.29) is 5.91 Å². The smallest absolute Gasteiger partial charge is 0.255 e.